The molecule has 0 atom stereocenters. The van der Waals surface area contributed by atoms with Crippen molar-refractivity contribution in [3.8, 4) is 0 Å². The second kappa shape index (κ2) is 5.62. The van der Waals surface area contributed by atoms with Gasteiger partial charge in [0.25, 0.3) is 0 Å². The van der Waals surface area contributed by atoms with Crippen LogP contribution in [0.3, 0.4) is 0 Å². The van der Waals surface area contributed by atoms with E-state index in [9.17, 15) is 4.79 Å². The highest BCUT2D eigenvalue weighted by Crippen LogP contribution is 2.25. The number of likely N-dealkylation sites (N-methyl/N-ethyl adjacent to an activating group) is 1. The van der Waals surface area contributed by atoms with Crippen LogP contribution in [0.2, 0.25) is 0 Å². The summed E-state index contributed by atoms with van der Waals surface area (Å²) < 4.78 is 0. The van der Waals surface area contributed by atoms with Gasteiger partial charge in [-0.05, 0) is 26.8 Å². The van der Waals surface area contributed by atoms with Gasteiger partial charge in [0.2, 0.25) is 11.9 Å². The number of piperidine rings is 1. The van der Waals surface area contributed by atoms with Crippen molar-refractivity contribution >= 4 is 17.7 Å². The van der Waals surface area contributed by atoms with E-state index >= 15 is 0 Å². The maximum absolute atomic E-state index is 11.6. The molecular formula is C13H22N6O. The van der Waals surface area contributed by atoms with Gasteiger partial charge in [0.15, 0.2) is 0 Å². The van der Waals surface area contributed by atoms with Crippen LogP contribution >= 0.6 is 0 Å². The Labute approximate surface area is 119 Å². The molecule has 2 rings (SSSR count). The summed E-state index contributed by atoms with van der Waals surface area (Å²) in [6.07, 6.45) is 1.35. The molecule has 0 aliphatic carbocycles. The van der Waals surface area contributed by atoms with Crippen LogP contribution in [-0.4, -0.2) is 48.6 Å². The Kier molecular flexibility index (Phi) is 4.08. The van der Waals surface area contributed by atoms with Crippen molar-refractivity contribution in [2.45, 2.75) is 25.3 Å². The van der Waals surface area contributed by atoms with E-state index in [4.69, 9.17) is 5.73 Å². The number of rotatable bonds is 4. The number of nitrogens with zero attached hydrogens (tertiary/aromatic N) is 3. The number of nitrogens with one attached hydrogen (secondary N) is 2. The Bertz CT molecular complexity index is 496. The van der Waals surface area contributed by atoms with Crippen LogP contribution in [0.4, 0.5) is 11.8 Å². The fourth-order valence-corrected chi connectivity index (χ4v) is 2.56. The van der Waals surface area contributed by atoms with Crippen LogP contribution in [0.25, 0.3) is 0 Å². The predicted octanol–water partition coefficient (Wildman–Crippen LogP) is -0.130. The smallest absolute Gasteiger partial charge is 0.237 e. The van der Waals surface area contributed by atoms with Gasteiger partial charge in [-0.1, -0.05) is 0 Å². The summed E-state index contributed by atoms with van der Waals surface area (Å²) >= 11 is 0. The van der Waals surface area contributed by atoms with Gasteiger partial charge in [-0.25, -0.2) is 4.98 Å². The van der Waals surface area contributed by atoms with E-state index < -0.39 is 5.54 Å². The molecule has 0 spiro atoms. The fourth-order valence-electron chi connectivity index (χ4n) is 2.56. The average Bonchev–Trinajstić information content (AvgIpc) is 2.46. The maximum Gasteiger partial charge on any atom is 0.237 e. The van der Waals surface area contributed by atoms with Crippen molar-refractivity contribution < 1.29 is 4.79 Å². The number of aromatic nitrogens is 2. The van der Waals surface area contributed by atoms with Crippen LogP contribution in [0.5, 0.6) is 0 Å². The summed E-state index contributed by atoms with van der Waals surface area (Å²) in [7, 11) is 3.59. The third kappa shape index (κ3) is 2.67. The first-order chi connectivity index (χ1) is 9.50. The minimum Gasteiger partial charge on any atom is -0.368 e. The molecule has 7 nitrogen and oxygen atoms in total. The third-order valence-corrected chi connectivity index (χ3v) is 3.96. The number of amides is 1. The Morgan fingerprint density at radius 3 is 2.50 bits per heavy atom. The van der Waals surface area contributed by atoms with Gasteiger partial charge in [0.05, 0.1) is 0 Å². The number of primary amides is 1. The van der Waals surface area contributed by atoms with E-state index in [1.54, 1.807) is 14.1 Å². The van der Waals surface area contributed by atoms with Crippen LogP contribution in [0.15, 0.2) is 6.07 Å². The Hall–Kier alpha value is -1.89. The van der Waals surface area contributed by atoms with Crippen molar-refractivity contribution in [1.29, 1.82) is 0 Å². The molecule has 1 saturated heterocycles. The van der Waals surface area contributed by atoms with Crippen LogP contribution < -0.4 is 21.3 Å². The van der Waals surface area contributed by atoms with Crippen molar-refractivity contribution in [3.63, 3.8) is 0 Å². The average molecular weight is 278 g/mol. The monoisotopic (exact) mass is 278 g/mol. The minimum atomic E-state index is -0.593. The lowest BCUT2D eigenvalue weighted by atomic mass is 9.87. The molecule has 0 saturated carbocycles. The SMILES string of the molecule is CNc1nc(C)cc(N2CCC(NC)(C(N)=O)CC2)n1. The van der Waals surface area contributed by atoms with Crippen LogP contribution in [0.1, 0.15) is 18.5 Å². The van der Waals surface area contributed by atoms with Crippen molar-refractivity contribution in [2.75, 3.05) is 37.4 Å². The molecule has 0 aromatic carbocycles. The molecule has 0 radical (unpaired) electrons. The van der Waals surface area contributed by atoms with E-state index in [2.05, 4.69) is 25.5 Å². The minimum absolute atomic E-state index is 0.283. The van der Waals surface area contributed by atoms with Gasteiger partial charge in [0, 0.05) is 31.9 Å². The van der Waals surface area contributed by atoms with Crippen molar-refractivity contribution in [1.82, 2.24) is 15.3 Å². The topological polar surface area (TPSA) is 96.2 Å². The van der Waals surface area contributed by atoms with Gasteiger partial charge in [-0.15, -0.1) is 0 Å². The lowest BCUT2D eigenvalue weighted by molar-refractivity contribution is -0.125. The number of nitrogens with two attached hydrogens (primary N) is 1. The Morgan fingerprint density at radius 1 is 1.35 bits per heavy atom. The van der Waals surface area contributed by atoms with E-state index in [-0.39, 0.29) is 5.91 Å². The molecule has 1 aromatic rings. The number of anilines is 2. The van der Waals surface area contributed by atoms with E-state index in [1.807, 2.05) is 13.0 Å². The number of carbonyl (C=O) groups is 1. The van der Waals surface area contributed by atoms with Gasteiger partial charge in [-0.2, -0.15) is 4.98 Å². The van der Waals surface area contributed by atoms with E-state index in [1.165, 1.54) is 0 Å². The number of hydrogen-bond acceptors (Lipinski definition) is 6. The molecule has 0 bridgehead atoms. The quantitative estimate of drug-likeness (QED) is 0.710. The van der Waals surface area contributed by atoms with Gasteiger partial charge in [-0.3, -0.25) is 4.79 Å². The highest BCUT2D eigenvalue weighted by atomic mass is 16.1. The highest BCUT2D eigenvalue weighted by Gasteiger charge is 2.38. The number of carbonyl (C=O) groups excluding carboxylic acids is 1. The highest BCUT2D eigenvalue weighted by molar-refractivity contribution is 5.85. The molecule has 4 N–H and O–H groups in total. The Balaban J connectivity index is 2.14. The maximum atomic E-state index is 11.6. The first-order valence-corrected chi connectivity index (χ1v) is 6.78. The predicted molar refractivity (Wildman–Crippen MR) is 78.7 cm³/mol. The summed E-state index contributed by atoms with van der Waals surface area (Å²) in [5, 5.41) is 6.03. The van der Waals surface area contributed by atoms with Gasteiger partial charge < -0.3 is 21.3 Å². The molecule has 1 aliphatic heterocycles. The molecule has 2 heterocycles. The first kappa shape index (κ1) is 14.5. The van der Waals surface area contributed by atoms with E-state index in [0.717, 1.165) is 24.6 Å². The lowest BCUT2D eigenvalue weighted by Gasteiger charge is -2.40. The Morgan fingerprint density at radius 2 is 2.00 bits per heavy atom. The lowest BCUT2D eigenvalue weighted by Crippen LogP contribution is -2.59. The van der Waals surface area contributed by atoms with Crippen molar-refractivity contribution in [3.05, 3.63) is 11.8 Å². The van der Waals surface area contributed by atoms with Gasteiger partial charge in [0.1, 0.15) is 11.4 Å². The summed E-state index contributed by atoms with van der Waals surface area (Å²) in [6, 6.07) is 1.96. The molecule has 20 heavy (non-hydrogen) atoms. The molecule has 110 valence electrons. The molecule has 1 fully saturated rings. The summed E-state index contributed by atoms with van der Waals surface area (Å²) in [6.45, 7) is 3.42. The zero-order chi connectivity index (χ0) is 14.8. The fraction of sp³-hybridized carbons (Fsp3) is 0.615. The third-order valence-electron chi connectivity index (χ3n) is 3.96. The molecule has 1 aromatic heterocycles. The van der Waals surface area contributed by atoms with Gasteiger partial charge >= 0.3 is 0 Å². The molecule has 1 amide bonds. The largest absolute Gasteiger partial charge is 0.368 e. The van der Waals surface area contributed by atoms with E-state index in [0.29, 0.717) is 18.8 Å². The molecule has 7 heteroatoms. The standard InChI is InChI=1S/C13H22N6O/c1-9-8-10(18-12(15-2)17-9)19-6-4-13(16-3,5-7-19)11(14)20/h8,16H,4-7H2,1-3H3,(H2,14,20)(H,15,17,18). The van der Waals surface area contributed by atoms with Crippen LogP contribution in [0, 0.1) is 6.92 Å². The zero-order valence-electron chi connectivity index (χ0n) is 12.2. The second-order valence-corrected chi connectivity index (χ2v) is 5.12. The zero-order valence-corrected chi connectivity index (χ0v) is 12.2. The molecule has 0 unspecified atom stereocenters. The molecular weight excluding hydrogens is 256 g/mol. The second-order valence-electron chi connectivity index (χ2n) is 5.12. The normalized spacial score (nSPS) is 17.9. The molecule has 1 aliphatic rings. The first-order valence-electron chi connectivity index (χ1n) is 6.78. The summed E-state index contributed by atoms with van der Waals surface area (Å²) in [4.78, 5) is 22.5. The van der Waals surface area contributed by atoms with Crippen molar-refractivity contribution in [2.24, 2.45) is 5.73 Å². The summed E-state index contributed by atoms with van der Waals surface area (Å²) in [5.74, 6) is 1.21. The number of aryl methyl sites for hydroxylation is 1. The number of hydrogen-bond donors (Lipinski definition) is 3. The summed E-state index contributed by atoms with van der Waals surface area (Å²) in [5.41, 5.74) is 5.83. The van der Waals surface area contributed by atoms with Crippen LogP contribution in [-0.2, 0) is 4.79 Å².